The van der Waals surface area contributed by atoms with Crippen molar-refractivity contribution in [1.29, 1.82) is 0 Å². The second-order valence-corrected chi connectivity index (χ2v) is 8.57. The summed E-state index contributed by atoms with van der Waals surface area (Å²) in [5.74, 6) is -1.17. The maximum absolute atomic E-state index is 11.9. The topological polar surface area (TPSA) is 89.5 Å². The Bertz CT molecular complexity index is 943. The van der Waals surface area contributed by atoms with Crippen LogP contribution < -0.4 is 5.32 Å². The minimum Gasteiger partial charge on any atom is -0.452 e. The highest BCUT2D eigenvalue weighted by Gasteiger charge is 2.12. The van der Waals surface area contributed by atoms with Crippen LogP contribution in [-0.4, -0.2) is 39.7 Å². The van der Waals surface area contributed by atoms with Gasteiger partial charge in [0, 0.05) is 22.8 Å². The second kappa shape index (κ2) is 9.21. The minimum atomic E-state index is -3.34. The van der Waals surface area contributed by atoms with Gasteiger partial charge < -0.3 is 10.1 Å². The molecule has 0 fully saturated rings. The van der Waals surface area contributed by atoms with Gasteiger partial charge in [-0.15, -0.1) is 0 Å². The number of benzene rings is 2. The van der Waals surface area contributed by atoms with E-state index in [1.165, 1.54) is 24.3 Å². The first-order valence-corrected chi connectivity index (χ1v) is 10.5. The lowest BCUT2D eigenvalue weighted by molar-refractivity contribution is -0.124. The van der Waals surface area contributed by atoms with Crippen LogP contribution in [0.5, 0.6) is 0 Å². The molecule has 0 aliphatic carbocycles. The van der Waals surface area contributed by atoms with E-state index in [2.05, 4.69) is 5.32 Å². The Morgan fingerprint density at radius 2 is 1.74 bits per heavy atom. The Kier molecular flexibility index (Phi) is 7.24. The Balaban J connectivity index is 1.78. The predicted octanol–water partition coefficient (Wildman–Crippen LogP) is 2.91. The molecule has 27 heavy (non-hydrogen) atoms. The molecular formula is C18H17Cl2NO5S. The predicted molar refractivity (Wildman–Crippen MR) is 103 cm³/mol. The lowest BCUT2D eigenvalue weighted by atomic mass is 10.1. The summed E-state index contributed by atoms with van der Waals surface area (Å²) >= 11 is 11.9. The highest BCUT2D eigenvalue weighted by atomic mass is 35.5. The molecule has 9 heteroatoms. The molecule has 144 valence electrons. The fourth-order valence-corrected chi connectivity index (χ4v) is 3.30. The highest BCUT2D eigenvalue weighted by molar-refractivity contribution is 7.90. The minimum absolute atomic E-state index is 0.0950. The van der Waals surface area contributed by atoms with Crippen molar-refractivity contribution in [2.45, 2.75) is 11.3 Å². The number of nitrogens with one attached hydrogen (secondary N) is 1. The van der Waals surface area contributed by atoms with Crippen molar-refractivity contribution < 1.29 is 22.7 Å². The molecule has 2 aromatic carbocycles. The van der Waals surface area contributed by atoms with Crippen LogP contribution in [0.1, 0.15) is 15.9 Å². The van der Waals surface area contributed by atoms with Crippen molar-refractivity contribution in [3.05, 3.63) is 63.6 Å². The number of carbonyl (C=O) groups is 2. The molecular weight excluding hydrogens is 413 g/mol. The van der Waals surface area contributed by atoms with E-state index in [1.807, 2.05) is 0 Å². The van der Waals surface area contributed by atoms with E-state index < -0.39 is 28.3 Å². The molecule has 0 unspecified atom stereocenters. The number of hydrogen-bond donors (Lipinski definition) is 1. The van der Waals surface area contributed by atoms with E-state index in [-0.39, 0.29) is 10.5 Å². The van der Waals surface area contributed by atoms with E-state index >= 15 is 0 Å². The number of rotatable bonds is 7. The zero-order chi connectivity index (χ0) is 20.0. The third kappa shape index (κ3) is 6.53. The van der Waals surface area contributed by atoms with Crippen LogP contribution >= 0.6 is 23.2 Å². The summed E-state index contributed by atoms with van der Waals surface area (Å²) < 4.78 is 27.7. The smallest absolute Gasteiger partial charge is 0.338 e. The number of esters is 1. The van der Waals surface area contributed by atoms with Crippen molar-refractivity contribution >= 4 is 44.9 Å². The van der Waals surface area contributed by atoms with Crippen molar-refractivity contribution in [3.63, 3.8) is 0 Å². The third-order valence-corrected chi connectivity index (χ3v) is 5.30. The quantitative estimate of drug-likeness (QED) is 0.683. The molecule has 0 saturated heterocycles. The normalized spacial score (nSPS) is 11.1. The Morgan fingerprint density at radius 1 is 1.07 bits per heavy atom. The summed E-state index contributed by atoms with van der Waals surface area (Å²) in [5.41, 5.74) is 0.993. The van der Waals surface area contributed by atoms with Gasteiger partial charge in [0.1, 0.15) is 0 Å². The summed E-state index contributed by atoms with van der Waals surface area (Å²) in [6.45, 7) is -0.123. The van der Waals surface area contributed by atoms with Gasteiger partial charge in [0.25, 0.3) is 5.91 Å². The molecule has 6 nitrogen and oxygen atoms in total. The molecule has 0 aliphatic rings. The van der Waals surface area contributed by atoms with Crippen LogP contribution in [0.25, 0.3) is 0 Å². The first-order chi connectivity index (χ1) is 12.7. The third-order valence-electron chi connectivity index (χ3n) is 3.58. The number of halogens is 2. The van der Waals surface area contributed by atoms with Gasteiger partial charge in [-0.1, -0.05) is 29.3 Å². The van der Waals surface area contributed by atoms with E-state index in [9.17, 15) is 18.0 Å². The summed E-state index contributed by atoms with van der Waals surface area (Å²) in [4.78, 5) is 23.8. The van der Waals surface area contributed by atoms with E-state index in [1.54, 1.807) is 18.2 Å². The Morgan fingerprint density at radius 3 is 2.33 bits per heavy atom. The fourth-order valence-electron chi connectivity index (χ4n) is 2.16. The molecule has 2 aromatic rings. The number of hydrogen-bond acceptors (Lipinski definition) is 5. The molecule has 0 heterocycles. The fraction of sp³-hybridized carbons (Fsp3) is 0.222. The summed E-state index contributed by atoms with van der Waals surface area (Å²) in [6.07, 6.45) is 1.57. The molecule has 0 aromatic heterocycles. The lowest BCUT2D eigenvalue weighted by Gasteiger charge is -2.08. The molecule has 1 N–H and O–H groups in total. The zero-order valence-electron chi connectivity index (χ0n) is 14.4. The van der Waals surface area contributed by atoms with Crippen LogP contribution in [0.3, 0.4) is 0 Å². The number of ether oxygens (including phenoxy) is 1. The summed E-state index contributed by atoms with van der Waals surface area (Å²) in [7, 11) is -3.34. The lowest BCUT2D eigenvalue weighted by Crippen LogP contribution is -2.30. The number of sulfone groups is 1. The molecule has 0 saturated carbocycles. The van der Waals surface area contributed by atoms with E-state index in [0.717, 1.165) is 11.8 Å². The van der Waals surface area contributed by atoms with Gasteiger partial charge >= 0.3 is 5.97 Å². The first kappa shape index (κ1) is 21.2. The average Bonchev–Trinajstić information content (AvgIpc) is 2.61. The molecule has 1 amide bonds. The maximum atomic E-state index is 11.9. The second-order valence-electron chi connectivity index (χ2n) is 5.71. The maximum Gasteiger partial charge on any atom is 0.338 e. The number of amides is 1. The highest BCUT2D eigenvalue weighted by Crippen LogP contribution is 2.21. The monoisotopic (exact) mass is 429 g/mol. The van der Waals surface area contributed by atoms with Crippen LogP contribution in [0.15, 0.2) is 47.4 Å². The van der Waals surface area contributed by atoms with Crippen LogP contribution in [0.2, 0.25) is 10.0 Å². The largest absolute Gasteiger partial charge is 0.452 e. The summed E-state index contributed by atoms with van der Waals surface area (Å²) in [6, 6.07) is 10.4. The average molecular weight is 430 g/mol. The van der Waals surface area contributed by atoms with E-state index in [0.29, 0.717) is 23.0 Å². The van der Waals surface area contributed by atoms with Crippen molar-refractivity contribution in [2.24, 2.45) is 0 Å². The standard InChI is InChI=1S/C18H17Cl2NO5S/c1-27(24,25)15-6-3-13(4-7-15)18(23)26-11-17(22)21-9-8-12-2-5-14(19)10-16(12)20/h2-7,10H,8-9,11H2,1H3,(H,21,22). The van der Waals surface area contributed by atoms with Gasteiger partial charge in [-0.05, 0) is 48.4 Å². The molecule has 0 bridgehead atoms. The van der Waals surface area contributed by atoms with Gasteiger partial charge in [0.2, 0.25) is 0 Å². The Labute approximate surface area is 167 Å². The van der Waals surface area contributed by atoms with Gasteiger partial charge in [0.15, 0.2) is 16.4 Å². The van der Waals surface area contributed by atoms with Gasteiger partial charge in [0.05, 0.1) is 10.5 Å². The molecule has 0 atom stereocenters. The first-order valence-electron chi connectivity index (χ1n) is 7.84. The van der Waals surface area contributed by atoms with E-state index in [4.69, 9.17) is 27.9 Å². The van der Waals surface area contributed by atoms with Crippen molar-refractivity contribution in [3.8, 4) is 0 Å². The zero-order valence-corrected chi connectivity index (χ0v) is 16.7. The van der Waals surface area contributed by atoms with Crippen LogP contribution in [0, 0.1) is 0 Å². The molecule has 0 spiro atoms. The van der Waals surface area contributed by atoms with Crippen LogP contribution in [-0.2, 0) is 25.8 Å². The SMILES string of the molecule is CS(=O)(=O)c1ccc(C(=O)OCC(=O)NCCc2ccc(Cl)cc2Cl)cc1. The summed E-state index contributed by atoms with van der Waals surface area (Å²) in [5, 5.41) is 3.67. The van der Waals surface area contributed by atoms with Gasteiger partial charge in [-0.3, -0.25) is 4.79 Å². The van der Waals surface area contributed by atoms with Crippen molar-refractivity contribution in [2.75, 3.05) is 19.4 Å². The van der Waals surface area contributed by atoms with Crippen LogP contribution in [0.4, 0.5) is 0 Å². The molecule has 0 aliphatic heterocycles. The van der Waals surface area contributed by atoms with Gasteiger partial charge in [-0.25, -0.2) is 13.2 Å². The van der Waals surface area contributed by atoms with Crippen molar-refractivity contribution in [1.82, 2.24) is 5.32 Å². The molecule has 0 radical (unpaired) electrons. The number of carbonyl (C=O) groups excluding carboxylic acids is 2. The molecule has 2 rings (SSSR count). The Hall–Kier alpha value is -2.09. The van der Waals surface area contributed by atoms with Gasteiger partial charge in [-0.2, -0.15) is 0 Å².